The first-order valence-electron chi connectivity index (χ1n) is 13.2. The lowest BCUT2D eigenvalue weighted by Gasteiger charge is -2.38. The van der Waals surface area contributed by atoms with Crippen molar-refractivity contribution < 1.29 is 19.0 Å². The highest BCUT2D eigenvalue weighted by Gasteiger charge is 2.41. The van der Waals surface area contributed by atoms with Crippen molar-refractivity contribution in [3.05, 3.63) is 59.1 Å². The van der Waals surface area contributed by atoms with E-state index in [-0.39, 0.29) is 21.8 Å². The summed E-state index contributed by atoms with van der Waals surface area (Å²) in [7, 11) is 0. The zero-order chi connectivity index (χ0) is 27.7. The second kappa shape index (κ2) is 11.5. The lowest BCUT2D eigenvalue weighted by Crippen LogP contribution is -2.46. The maximum absolute atomic E-state index is 14.8. The van der Waals surface area contributed by atoms with Crippen LogP contribution < -0.4 is 14.8 Å². The first kappa shape index (κ1) is 27.9. The molecule has 1 unspecified atom stereocenters. The van der Waals surface area contributed by atoms with E-state index in [0.717, 1.165) is 32.2 Å². The third kappa shape index (κ3) is 6.24. The van der Waals surface area contributed by atoms with Crippen molar-refractivity contribution in [3.63, 3.8) is 0 Å². The molecule has 0 spiro atoms. The summed E-state index contributed by atoms with van der Waals surface area (Å²) < 4.78 is 27.5. The number of nitrogens with zero attached hydrogens (tertiary/aromatic N) is 3. The van der Waals surface area contributed by atoms with Crippen LogP contribution in [-0.4, -0.2) is 56.9 Å². The van der Waals surface area contributed by atoms with E-state index in [0.29, 0.717) is 53.3 Å². The lowest BCUT2D eigenvalue weighted by atomic mass is 9.99. The first-order chi connectivity index (χ1) is 18.6. The Hall–Kier alpha value is -2.65. The molecule has 39 heavy (non-hydrogen) atoms. The minimum absolute atomic E-state index is 0.0196. The van der Waals surface area contributed by atoms with Gasteiger partial charge in [-0.15, -0.1) is 6.58 Å². The molecular weight excluding hydrogens is 542 g/mol. The topological polar surface area (TPSA) is 79.7 Å². The zero-order valence-electron chi connectivity index (χ0n) is 22.1. The minimum atomic E-state index is -0.863. The SMILES string of the molecule is C=CCN1[C@@H]2CC[C@H]1CC(Oc1cc3c(Nc4ccc(Cl)c(Cl)c4F)ncnc3cc1OCCC(C)(C)O)C2. The predicted octanol–water partition coefficient (Wildman–Crippen LogP) is 6.92. The van der Waals surface area contributed by atoms with Crippen LogP contribution in [0.1, 0.15) is 46.0 Å². The predicted molar refractivity (Wildman–Crippen MR) is 153 cm³/mol. The van der Waals surface area contributed by atoms with Gasteiger partial charge in [-0.2, -0.15) is 0 Å². The molecule has 3 aromatic rings. The molecule has 7 nitrogen and oxygen atoms in total. The van der Waals surface area contributed by atoms with Crippen molar-refractivity contribution in [1.29, 1.82) is 0 Å². The first-order valence-corrected chi connectivity index (χ1v) is 14.0. The van der Waals surface area contributed by atoms with Crippen LogP contribution in [0.2, 0.25) is 10.0 Å². The molecule has 5 rings (SSSR count). The van der Waals surface area contributed by atoms with E-state index in [2.05, 4.69) is 26.8 Å². The Labute approximate surface area is 237 Å². The molecule has 10 heteroatoms. The minimum Gasteiger partial charge on any atom is -0.490 e. The highest BCUT2D eigenvalue weighted by Crippen LogP contribution is 2.41. The van der Waals surface area contributed by atoms with E-state index in [4.69, 9.17) is 32.7 Å². The molecule has 0 radical (unpaired) electrons. The van der Waals surface area contributed by atoms with E-state index in [1.165, 1.54) is 18.5 Å². The van der Waals surface area contributed by atoms with Crippen molar-refractivity contribution in [3.8, 4) is 11.5 Å². The monoisotopic (exact) mass is 574 g/mol. The number of rotatable bonds is 10. The Balaban J connectivity index is 1.47. The third-order valence-corrected chi connectivity index (χ3v) is 8.22. The third-order valence-electron chi connectivity index (χ3n) is 7.44. The van der Waals surface area contributed by atoms with Crippen LogP contribution >= 0.6 is 23.2 Å². The largest absolute Gasteiger partial charge is 0.490 e. The van der Waals surface area contributed by atoms with Gasteiger partial charge in [0.25, 0.3) is 0 Å². The molecule has 2 bridgehead atoms. The number of benzene rings is 2. The average Bonchev–Trinajstić information content (AvgIpc) is 3.11. The van der Waals surface area contributed by atoms with Gasteiger partial charge in [0.05, 0.1) is 33.5 Å². The number of halogens is 3. The lowest BCUT2D eigenvalue weighted by molar-refractivity contribution is 0.0477. The molecule has 3 atom stereocenters. The van der Waals surface area contributed by atoms with Gasteiger partial charge < -0.3 is 19.9 Å². The van der Waals surface area contributed by atoms with E-state index in [9.17, 15) is 9.50 Å². The fourth-order valence-corrected chi connectivity index (χ4v) is 5.79. The molecule has 3 heterocycles. The van der Waals surface area contributed by atoms with Crippen molar-refractivity contribution in [2.75, 3.05) is 18.5 Å². The Morgan fingerprint density at radius 1 is 1.18 bits per heavy atom. The van der Waals surface area contributed by atoms with Gasteiger partial charge in [-0.25, -0.2) is 14.4 Å². The molecule has 2 N–H and O–H groups in total. The van der Waals surface area contributed by atoms with E-state index < -0.39 is 11.4 Å². The van der Waals surface area contributed by atoms with Crippen LogP contribution in [0.5, 0.6) is 11.5 Å². The summed E-state index contributed by atoms with van der Waals surface area (Å²) in [5.74, 6) is 0.831. The van der Waals surface area contributed by atoms with Crippen molar-refractivity contribution >= 4 is 45.6 Å². The second-order valence-corrected chi connectivity index (χ2v) is 11.7. The van der Waals surface area contributed by atoms with Crippen LogP contribution in [0.15, 0.2) is 43.2 Å². The molecule has 1 aromatic heterocycles. The van der Waals surface area contributed by atoms with Crippen LogP contribution in [-0.2, 0) is 0 Å². The summed E-state index contributed by atoms with van der Waals surface area (Å²) in [6.07, 6.45) is 7.97. The van der Waals surface area contributed by atoms with Crippen molar-refractivity contribution in [2.24, 2.45) is 0 Å². The van der Waals surface area contributed by atoms with Gasteiger partial charge in [0, 0.05) is 36.5 Å². The van der Waals surface area contributed by atoms with E-state index in [1.54, 1.807) is 19.9 Å². The maximum atomic E-state index is 14.8. The molecule has 2 saturated heterocycles. The molecule has 0 saturated carbocycles. The van der Waals surface area contributed by atoms with Crippen LogP contribution in [0.3, 0.4) is 0 Å². The van der Waals surface area contributed by atoms with Gasteiger partial charge in [0.1, 0.15) is 18.2 Å². The molecular formula is C29H33Cl2FN4O3. The Morgan fingerprint density at radius 2 is 1.92 bits per heavy atom. The summed E-state index contributed by atoms with van der Waals surface area (Å²) in [4.78, 5) is 11.3. The number of hydrogen-bond acceptors (Lipinski definition) is 7. The van der Waals surface area contributed by atoms with Gasteiger partial charge in [0.2, 0.25) is 0 Å². The fraction of sp³-hybridized carbons (Fsp3) is 0.448. The van der Waals surface area contributed by atoms with E-state index >= 15 is 0 Å². The summed E-state index contributed by atoms with van der Waals surface area (Å²) in [6.45, 7) is 8.60. The smallest absolute Gasteiger partial charge is 0.166 e. The molecule has 2 aliphatic heterocycles. The molecule has 2 fully saturated rings. The fourth-order valence-electron chi connectivity index (χ4n) is 5.48. The van der Waals surface area contributed by atoms with Crippen molar-refractivity contribution in [2.45, 2.75) is 69.7 Å². The number of fused-ring (bicyclic) bond motifs is 3. The highest BCUT2D eigenvalue weighted by molar-refractivity contribution is 6.42. The number of piperidine rings is 1. The van der Waals surface area contributed by atoms with Gasteiger partial charge >= 0.3 is 0 Å². The van der Waals surface area contributed by atoms with Crippen LogP contribution in [0.25, 0.3) is 10.9 Å². The molecule has 2 aromatic carbocycles. The quantitative estimate of drug-likeness (QED) is 0.201. The Morgan fingerprint density at radius 3 is 2.62 bits per heavy atom. The second-order valence-electron chi connectivity index (χ2n) is 10.9. The summed E-state index contributed by atoms with van der Waals surface area (Å²) in [6, 6.07) is 7.60. The number of aliphatic hydroxyl groups is 1. The van der Waals surface area contributed by atoms with Crippen molar-refractivity contribution in [1.82, 2.24) is 14.9 Å². The number of ether oxygens (including phenoxy) is 2. The normalized spacial score (nSPS) is 21.2. The van der Waals surface area contributed by atoms with Gasteiger partial charge in [-0.05, 0) is 57.7 Å². The summed E-state index contributed by atoms with van der Waals surface area (Å²) in [5, 5.41) is 13.8. The molecule has 208 valence electrons. The van der Waals surface area contributed by atoms with Gasteiger partial charge in [-0.1, -0.05) is 29.3 Å². The number of hydrogen-bond donors (Lipinski definition) is 2. The van der Waals surface area contributed by atoms with E-state index in [1.807, 2.05) is 12.1 Å². The molecule has 0 aliphatic carbocycles. The van der Waals surface area contributed by atoms with Crippen LogP contribution in [0, 0.1) is 5.82 Å². The molecule has 0 amide bonds. The van der Waals surface area contributed by atoms with Crippen LogP contribution in [0.4, 0.5) is 15.9 Å². The average molecular weight is 576 g/mol. The maximum Gasteiger partial charge on any atom is 0.166 e. The van der Waals surface area contributed by atoms with Gasteiger partial charge in [-0.3, -0.25) is 4.90 Å². The summed E-state index contributed by atoms with van der Waals surface area (Å²) >= 11 is 12.0. The standard InChI is InChI=1S/C29H33Cl2FN4O3/c1-4-10-36-17-5-6-18(36)13-19(12-17)39-25-14-20-23(15-24(25)38-11-9-29(2,3)37)33-16-34-28(20)35-22-8-7-21(30)26(31)27(22)32/h4,7-8,14-19,37H,1,5-6,9-13H2,2-3H3,(H,33,34,35)/t17-,18+,19?. The Kier molecular flexibility index (Phi) is 8.19. The number of aromatic nitrogens is 2. The van der Waals surface area contributed by atoms with Gasteiger partial charge in [0.15, 0.2) is 17.3 Å². The highest BCUT2D eigenvalue weighted by atomic mass is 35.5. The summed E-state index contributed by atoms with van der Waals surface area (Å²) in [5.41, 5.74) is -0.124. The molecule has 2 aliphatic rings. The Bertz CT molecular complexity index is 1350. The number of anilines is 2. The zero-order valence-corrected chi connectivity index (χ0v) is 23.6. The number of nitrogens with one attached hydrogen (secondary N) is 1.